The molecule has 0 bridgehead atoms. The number of piperidine rings is 1. The molecule has 0 saturated carbocycles. The van der Waals surface area contributed by atoms with Crippen LogP contribution < -0.4 is 5.43 Å². The van der Waals surface area contributed by atoms with E-state index in [1.165, 1.54) is 18.2 Å². The second-order valence-electron chi connectivity index (χ2n) is 9.31. The van der Waals surface area contributed by atoms with Crippen molar-refractivity contribution in [3.8, 4) is 0 Å². The molecule has 1 saturated heterocycles. The fourth-order valence-electron chi connectivity index (χ4n) is 5.10. The molecule has 0 radical (unpaired) electrons. The summed E-state index contributed by atoms with van der Waals surface area (Å²) in [5, 5.41) is 38.5. The number of fused-ring (bicyclic) bond motifs is 1. The van der Waals surface area contributed by atoms with Crippen LogP contribution >= 0.6 is 0 Å². The number of rotatable bonds is 6. The number of quaternary nitrogens is 1. The van der Waals surface area contributed by atoms with E-state index in [1.807, 2.05) is 47.3 Å². The van der Waals surface area contributed by atoms with Gasteiger partial charge in [0.25, 0.3) is 0 Å². The first kappa shape index (κ1) is 22.0. The number of benzene rings is 2. The van der Waals surface area contributed by atoms with Crippen molar-refractivity contribution < 1.29 is 20.4 Å². The number of nitrogens with one attached hydrogen (secondary N) is 1. The smallest absolute Gasteiger partial charge is 0.158 e. The second kappa shape index (κ2) is 8.85. The van der Waals surface area contributed by atoms with Gasteiger partial charge >= 0.3 is 0 Å². The van der Waals surface area contributed by atoms with Crippen molar-refractivity contribution in [1.29, 1.82) is 0 Å². The minimum absolute atomic E-state index is 0.103. The van der Waals surface area contributed by atoms with Gasteiger partial charge in [0, 0.05) is 11.5 Å². The second-order valence-corrected chi connectivity index (χ2v) is 9.31. The Hall–Kier alpha value is -2.82. The Morgan fingerprint density at radius 1 is 1.09 bits per heavy atom. The molecule has 0 amide bonds. The molecule has 0 spiro atoms. The molecule has 2 aromatic carbocycles. The number of hydrogen-bond acceptors (Lipinski definition) is 7. The summed E-state index contributed by atoms with van der Waals surface area (Å²) in [6.07, 6.45) is 4.24. The van der Waals surface area contributed by atoms with Crippen LogP contribution in [0.2, 0.25) is 0 Å². The third kappa shape index (κ3) is 4.92. The summed E-state index contributed by atoms with van der Waals surface area (Å²) in [5.41, 5.74) is 7.60. The van der Waals surface area contributed by atoms with Crippen LogP contribution in [0.5, 0.6) is 0 Å². The van der Waals surface area contributed by atoms with Crippen molar-refractivity contribution in [2.45, 2.75) is 43.9 Å². The lowest BCUT2D eigenvalue weighted by molar-refractivity contribution is -1.22. The normalized spacial score (nSPS) is 21.8. The van der Waals surface area contributed by atoms with Crippen LogP contribution in [0.4, 0.5) is 5.69 Å². The van der Waals surface area contributed by atoms with Gasteiger partial charge in [-0.15, -0.1) is 5.10 Å². The quantitative estimate of drug-likeness (QED) is 0.337. The van der Waals surface area contributed by atoms with Crippen LogP contribution in [-0.2, 0) is 13.0 Å². The number of hydroxylamine groups is 2. The summed E-state index contributed by atoms with van der Waals surface area (Å²) < 4.78 is 1.82. The topological polar surface area (TPSA) is 107 Å². The van der Waals surface area contributed by atoms with Gasteiger partial charge in [-0.1, -0.05) is 41.6 Å². The van der Waals surface area contributed by atoms with Gasteiger partial charge in [-0.25, -0.2) is 4.68 Å². The molecule has 1 fully saturated rings. The zero-order valence-corrected chi connectivity index (χ0v) is 18.7. The molecule has 9 nitrogen and oxygen atoms in total. The Kier molecular flexibility index (Phi) is 5.90. The fourth-order valence-corrected chi connectivity index (χ4v) is 5.10. The minimum Gasteiger partial charge on any atom is -0.386 e. The van der Waals surface area contributed by atoms with Crippen LogP contribution in [-0.4, -0.2) is 60.5 Å². The van der Waals surface area contributed by atoms with Gasteiger partial charge in [0.05, 0.1) is 23.6 Å². The van der Waals surface area contributed by atoms with Crippen LogP contribution in [0.25, 0.3) is 0 Å². The molecule has 1 aliphatic carbocycles. The number of nitrogens with zero attached hydrogens (tertiary/aromatic N) is 5. The van der Waals surface area contributed by atoms with E-state index in [4.69, 9.17) is 0 Å². The van der Waals surface area contributed by atoms with E-state index in [1.54, 1.807) is 0 Å². The summed E-state index contributed by atoms with van der Waals surface area (Å²) in [4.78, 5) is 1.09. The minimum atomic E-state index is -1.30. The number of hydrogen-bond donors (Lipinski definition) is 4. The third-order valence-corrected chi connectivity index (χ3v) is 6.74. The highest BCUT2D eigenvalue weighted by Gasteiger charge is 2.33. The molecule has 2 aliphatic rings. The molecule has 33 heavy (non-hydrogen) atoms. The first-order valence-corrected chi connectivity index (χ1v) is 11.4. The molecular formula is C24H31N6O3+. The number of anilines is 1. The van der Waals surface area contributed by atoms with Crippen molar-refractivity contribution in [1.82, 2.24) is 19.9 Å². The van der Waals surface area contributed by atoms with Crippen molar-refractivity contribution in [2.24, 2.45) is 0 Å². The van der Waals surface area contributed by atoms with Gasteiger partial charge in [0.1, 0.15) is 6.10 Å². The molecule has 5 rings (SSSR count). The van der Waals surface area contributed by atoms with Crippen LogP contribution in [0, 0.1) is 0 Å². The molecular weight excluding hydrogens is 420 g/mol. The SMILES string of the molecule is C[N+](O)(O)Nc1cccc(C2CCN(Cc3cn([C@@H]4Cc5ccccc5[C@@H]4O)nn3)CC2)c1. The van der Waals surface area contributed by atoms with Gasteiger partial charge in [0.15, 0.2) is 7.05 Å². The average molecular weight is 452 g/mol. The summed E-state index contributed by atoms with van der Waals surface area (Å²) in [6.45, 7) is 2.66. The Labute approximate surface area is 193 Å². The van der Waals surface area contributed by atoms with E-state index in [2.05, 4.69) is 32.8 Å². The Bertz CT molecular complexity index is 1100. The van der Waals surface area contributed by atoms with Gasteiger partial charge in [-0.05, 0) is 67.1 Å². The Morgan fingerprint density at radius 3 is 2.64 bits per heavy atom. The predicted molar refractivity (Wildman–Crippen MR) is 121 cm³/mol. The molecule has 9 heteroatoms. The van der Waals surface area contributed by atoms with Crippen LogP contribution in [0.3, 0.4) is 0 Å². The van der Waals surface area contributed by atoms with Crippen LogP contribution in [0.15, 0.2) is 54.7 Å². The Morgan fingerprint density at radius 2 is 1.88 bits per heavy atom. The lowest BCUT2D eigenvalue weighted by Gasteiger charge is -2.31. The zero-order chi connectivity index (χ0) is 23.0. The van der Waals surface area contributed by atoms with Crippen molar-refractivity contribution in [3.05, 3.63) is 77.1 Å². The molecule has 3 aromatic rings. The number of aliphatic hydroxyl groups is 1. The average Bonchev–Trinajstić information content (AvgIpc) is 3.38. The highest BCUT2D eigenvalue weighted by atomic mass is 16.9. The maximum atomic E-state index is 10.7. The monoisotopic (exact) mass is 451 g/mol. The highest BCUT2D eigenvalue weighted by Crippen LogP contribution is 2.38. The first-order valence-electron chi connectivity index (χ1n) is 11.4. The standard InChI is InChI=1S/C24H31N6O3/c1-30(32,33)26-20-7-4-6-18(13-20)17-9-11-28(12-10-17)15-21-16-29(27-25-21)23-14-19-5-2-3-8-22(19)24(23)31/h2-8,13,16-17,23-24,26,31-33H,9-12,14-15H2,1H3/q+1/t23-,24+/m1/s1. The largest absolute Gasteiger partial charge is 0.386 e. The maximum absolute atomic E-state index is 10.7. The molecule has 1 aromatic heterocycles. The van der Waals surface area contributed by atoms with Crippen molar-refractivity contribution in [2.75, 3.05) is 25.6 Å². The summed E-state index contributed by atoms with van der Waals surface area (Å²) >= 11 is 0. The van der Waals surface area contributed by atoms with Gasteiger partial charge in [-0.3, -0.25) is 4.90 Å². The van der Waals surface area contributed by atoms with Crippen molar-refractivity contribution in [3.63, 3.8) is 0 Å². The van der Waals surface area contributed by atoms with E-state index in [0.717, 1.165) is 50.2 Å². The molecule has 174 valence electrons. The number of aromatic nitrogens is 3. The first-order chi connectivity index (χ1) is 15.9. The number of aliphatic hydroxyl groups excluding tert-OH is 1. The van der Waals surface area contributed by atoms with E-state index in [0.29, 0.717) is 11.6 Å². The highest BCUT2D eigenvalue weighted by molar-refractivity contribution is 5.44. The lowest BCUT2D eigenvalue weighted by atomic mass is 9.89. The Balaban J connectivity index is 1.17. The van der Waals surface area contributed by atoms with E-state index in [-0.39, 0.29) is 6.04 Å². The molecule has 2 heterocycles. The summed E-state index contributed by atoms with van der Waals surface area (Å²) in [6, 6.07) is 15.8. The van der Waals surface area contributed by atoms with E-state index >= 15 is 0 Å². The summed E-state index contributed by atoms with van der Waals surface area (Å²) in [7, 11) is 1.24. The molecule has 0 unspecified atom stereocenters. The summed E-state index contributed by atoms with van der Waals surface area (Å²) in [5.74, 6) is 0.432. The third-order valence-electron chi connectivity index (χ3n) is 6.74. The van der Waals surface area contributed by atoms with Crippen molar-refractivity contribution >= 4 is 5.69 Å². The molecule has 4 N–H and O–H groups in total. The van der Waals surface area contributed by atoms with E-state index < -0.39 is 11.0 Å². The van der Waals surface area contributed by atoms with Gasteiger partial charge in [-0.2, -0.15) is 15.8 Å². The fraction of sp³-hybridized carbons (Fsp3) is 0.417. The van der Waals surface area contributed by atoms with Gasteiger partial charge < -0.3 is 5.11 Å². The number of likely N-dealkylation sites (tertiary alicyclic amines) is 1. The molecule has 2 atom stereocenters. The predicted octanol–water partition coefficient (Wildman–Crippen LogP) is 3.04. The van der Waals surface area contributed by atoms with E-state index in [9.17, 15) is 15.5 Å². The van der Waals surface area contributed by atoms with Crippen LogP contribution in [0.1, 0.15) is 53.3 Å². The lowest BCUT2D eigenvalue weighted by Crippen LogP contribution is -2.42. The maximum Gasteiger partial charge on any atom is 0.158 e. The van der Waals surface area contributed by atoms with Gasteiger partial charge in [0.2, 0.25) is 0 Å². The zero-order valence-electron chi connectivity index (χ0n) is 18.7. The molecule has 1 aliphatic heterocycles.